The third-order valence-electron chi connectivity index (χ3n) is 2.28. The quantitative estimate of drug-likeness (QED) is 0.705. The Morgan fingerprint density at radius 1 is 1.38 bits per heavy atom. The van der Waals surface area contributed by atoms with E-state index < -0.39 is 6.04 Å². The summed E-state index contributed by atoms with van der Waals surface area (Å²) in [6.07, 6.45) is 0.721. The standard InChI is InChI=1S/C12H18N2O2/c1-8(14-12(16)9(2)13)7-10-3-5-11(15)6-4-10/h3-6,8-9,15H,7,13H2,1-2H3,(H,14,16). The normalized spacial score (nSPS) is 14.2. The van der Waals surface area contributed by atoms with Crippen LogP contribution in [0.15, 0.2) is 24.3 Å². The van der Waals surface area contributed by atoms with Gasteiger partial charge in [-0.05, 0) is 38.0 Å². The van der Waals surface area contributed by atoms with Crippen molar-refractivity contribution in [2.24, 2.45) is 5.73 Å². The summed E-state index contributed by atoms with van der Waals surface area (Å²) in [5.41, 5.74) is 6.52. The summed E-state index contributed by atoms with van der Waals surface area (Å²) in [7, 11) is 0. The molecule has 1 aromatic carbocycles. The molecule has 4 nitrogen and oxygen atoms in total. The smallest absolute Gasteiger partial charge is 0.236 e. The number of phenolic OH excluding ortho intramolecular Hbond substituents is 1. The zero-order chi connectivity index (χ0) is 12.1. The maximum Gasteiger partial charge on any atom is 0.236 e. The molecule has 0 aliphatic rings. The first-order valence-electron chi connectivity index (χ1n) is 5.33. The largest absolute Gasteiger partial charge is 0.508 e. The maximum absolute atomic E-state index is 11.3. The van der Waals surface area contributed by atoms with Gasteiger partial charge in [0.05, 0.1) is 6.04 Å². The molecule has 4 N–H and O–H groups in total. The molecule has 0 saturated carbocycles. The first-order valence-corrected chi connectivity index (χ1v) is 5.33. The maximum atomic E-state index is 11.3. The minimum Gasteiger partial charge on any atom is -0.508 e. The Morgan fingerprint density at radius 2 is 1.94 bits per heavy atom. The molecule has 2 atom stereocenters. The highest BCUT2D eigenvalue weighted by atomic mass is 16.3. The highest BCUT2D eigenvalue weighted by Gasteiger charge is 2.11. The predicted octanol–water partition coefficient (Wildman–Crippen LogP) is 0.787. The Bertz CT molecular complexity index is 347. The van der Waals surface area contributed by atoms with Crippen LogP contribution in [0, 0.1) is 0 Å². The average Bonchev–Trinajstić information content (AvgIpc) is 2.21. The van der Waals surface area contributed by atoms with Gasteiger partial charge in [0.2, 0.25) is 5.91 Å². The number of benzene rings is 1. The third-order valence-corrected chi connectivity index (χ3v) is 2.28. The minimum absolute atomic E-state index is 0.0306. The van der Waals surface area contributed by atoms with Gasteiger partial charge in [-0.3, -0.25) is 4.79 Å². The number of carbonyl (C=O) groups excluding carboxylic acids is 1. The summed E-state index contributed by atoms with van der Waals surface area (Å²) in [6.45, 7) is 3.58. The molecule has 0 aliphatic carbocycles. The monoisotopic (exact) mass is 222 g/mol. The molecular weight excluding hydrogens is 204 g/mol. The molecule has 0 saturated heterocycles. The van der Waals surface area contributed by atoms with Crippen LogP contribution >= 0.6 is 0 Å². The van der Waals surface area contributed by atoms with E-state index in [1.807, 2.05) is 19.1 Å². The Kier molecular flexibility index (Phi) is 4.31. The number of aromatic hydroxyl groups is 1. The van der Waals surface area contributed by atoms with Crippen LogP contribution in [0.25, 0.3) is 0 Å². The zero-order valence-electron chi connectivity index (χ0n) is 9.60. The van der Waals surface area contributed by atoms with E-state index in [0.29, 0.717) is 0 Å². The van der Waals surface area contributed by atoms with Crippen molar-refractivity contribution in [3.63, 3.8) is 0 Å². The number of nitrogens with one attached hydrogen (secondary N) is 1. The van der Waals surface area contributed by atoms with E-state index in [9.17, 15) is 4.79 Å². The van der Waals surface area contributed by atoms with Crippen LogP contribution in [0.1, 0.15) is 19.4 Å². The second-order valence-electron chi connectivity index (χ2n) is 4.07. The fourth-order valence-corrected chi connectivity index (χ4v) is 1.41. The lowest BCUT2D eigenvalue weighted by Crippen LogP contribution is -2.43. The number of phenols is 1. The second-order valence-corrected chi connectivity index (χ2v) is 4.07. The Labute approximate surface area is 95.5 Å². The topological polar surface area (TPSA) is 75.3 Å². The lowest BCUT2D eigenvalue weighted by molar-refractivity contribution is -0.122. The van der Waals surface area contributed by atoms with Crippen molar-refractivity contribution in [2.45, 2.75) is 32.4 Å². The molecule has 1 rings (SSSR count). The summed E-state index contributed by atoms with van der Waals surface area (Å²) in [6, 6.07) is 6.49. The molecule has 0 aliphatic heterocycles. The van der Waals surface area contributed by atoms with Crippen LogP contribution in [0.5, 0.6) is 5.75 Å². The summed E-state index contributed by atoms with van der Waals surface area (Å²) in [4.78, 5) is 11.3. The third kappa shape index (κ3) is 3.90. The number of hydrogen-bond donors (Lipinski definition) is 3. The first kappa shape index (κ1) is 12.5. The van der Waals surface area contributed by atoms with Gasteiger partial charge in [-0.2, -0.15) is 0 Å². The minimum atomic E-state index is -0.484. The lowest BCUT2D eigenvalue weighted by Gasteiger charge is -2.15. The second kappa shape index (κ2) is 5.51. The Hall–Kier alpha value is -1.55. The van der Waals surface area contributed by atoms with Crippen molar-refractivity contribution in [2.75, 3.05) is 0 Å². The van der Waals surface area contributed by atoms with E-state index in [1.165, 1.54) is 0 Å². The van der Waals surface area contributed by atoms with Crippen LogP contribution in [0.3, 0.4) is 0 Å². The number of nitrogens with two attached hydrogens (primary N) is 1. The molecule has 1 amide bonds. The van der Waals surface area contributed by atoms with Gasteiger partial charge in [0.15, 0.2) is 0 Å². The van der Waals surface area contributed by atoms with Gasteiger partial charge in [-0.1, -0.05) is 12.1 Å². The van der Waals surface area contributed by atoms with Gasteiger partial charge in [0.1, 0.15) is 5.75 Å². The summed E-state index contributed by atoms with van der Waals surface area (Å²) in [5, 5.41) is 11.9. The van der Waals surface area contributed by atoms with Gasteiger partial charge in [-0.25, -0.2) is 0 Å². The van der Waals surface area contributed by atoms with Gasteiger partial charge in [-0.15, -0.1) is 0 Å². The van der Waals surface area contributed by atoms with Crippen LogP contribution in [-0.2, 0) is 11.2 Å². The van der Waals surface area contributed by atoms with Crippen LogP contribution in [-0.4, -0.2) is 23.1 Å². The Balaban J connectivity index is 2.48. The SMILES string of the molecule is CC(Cc1ccc(O)cc1)NC(=O)C(C)N. The summed E-state index contributed by atoms with van der Waals surface area (Å²) in [5.74, 6) is 0.0993. The average molecular weight is 222 g/mol. The van der Waals surface area contributed by atoms with Crippen molar-refractivity contribution in [3.05, 3.63) is 29.8 Å². The molecule has 0 aromatic heterocycles. The summed E-state index contributed by atoms with van der Waals surface area (Å²) >= 11 is 0. The number of amides is 1. The fourth-order valence-electron chi connectivity index (χ4n) is 1.41. The molecule has 0 spiro atoms. The molecule has 2 unspecified atom stereocenters. The number of hydrogen-bond acceptors (Lipinski definition) is 3. The lowest BCUT2D eigenvalue weighted by atomic mass is 10.1. The molecule has 0 radical (unpaired) electrons. The van der Waals surface area contributed by atoms with Gasteiger partial charge in [0, 0.05) is 6.04 Å². The van der Waals surface area contributed by atoms with Crippen molar-refractivity contribution in [1.29, 1.82) is 0 Å². The fraction of sp³-hybridized carbons (Fsp3) is 0.417. The van der Waals surface area contributed by atoms with Gasteiger partial charge in [0.25, 0.3) is 0 Å². The van der Waals surface area contributed by atoms with E-state index in [2.05, 4.69) is 5.32 Å². The highest BCUT2D eigenvalue weighted by molar-refractivity contribution is 5.81. The van der Waals surface area contributed by atoms with E-state index in [0.717, 1.165) is 12.0 Å². The van der Waals surface area contributed by atoms with E-state index in [4.69, 9.17) is 10.8 Å². The van der Waals surface area contributed by atoms with E-state index in [1.54, 1.807) is 19.1 Å². The molecule has 0 bridgehead atoms. The number of carbonyl (C=O) groups is 1. The van der Waals surface area contributed by atoms with E-state index in [-0.39, 0.29) is 17.7 Å². The molecule has 0 fully saturated rings. The van der Waals surface area contributed by atoms with Crippen LogP contribution < -0.4 is 11.1 Å². The molecule has 88 valence electrons. The molecule has 1 aromatic rings. The van der Waals surface area contributed by atoms with Gasteiger partial charge >= 0.3 is 0 Å². The highest BCUT2D eigenvalue weighted by Crippen LogP contribution is 2.11. The predicted molar refractivity (Wildman–Crippen MR) is 63.1 cm³/mol. The van der Waals surface area contributed by atoms with Crippen LogP contribution in [0.4, 0.5) is 0 Å². The Morgan fingerprint density at radius 3 is 2.44 bits per heavy atom. The van der Waals surface area contributed by atoms with Crippen molar-refractivity contribution < 1.29 is 9.90 Å². The first-order chi connectivity index (χ1) is 7.49. The molecule has 0 heterocycles. The molecule has 4 heteroatoms. The summed E-state index contributed by atoms with van der Waals surface area (Å²) < 4.78 is 0. The van der Waals surface area contributed by atoms with Crippen molar-refractivity contribution >= 4 is 5.91 Å². The zero-order valence-corrected chi connectivity index (χ0v) is 9.60. The van der Waals surface area contributed by atoms with Crippen LogP contribution in [0.2, 0.25) is 0 Å². The van der Waals surface area contributed by atoms with Gasteiger partial charge < -0.3 is 16.2 Å². The molecule has 16 heavy (non-hydrogen) atoms. The molecular formula is C12H18N2O2. The van der Waals surface area contributed by atoms with Crippen molar-refractivity contribution in [3.8, 4) is 5.75 Å². The van der Waals surface area contributed by atoms with Crippen molar-refractivity contribution in [1.82, 2.24) is 5.32 Å². The van der Waals surface area contributed by atoms with E-state index >= 15 is 0 Å². The number of rotatable bonds is 4.